The summed E-state index contributed by atoms with van der Waals surface area (Å²) in [5.74, 6) is 0.0324. The number of thiophene rings is 1. The van der Waals surface area contributed by atoms with Crippen molar-refractivity contribution in [3.05, 3.63) is 57.3 Å². The third-order valence-electron chi connectivity index (χ3n) is 2.93. The summed E-state index contributed by atoms with van der Waals surface area (Å²) in [6.07, 6.45) is 0. The number of benzene rings is 1. The summed E-state index contributed by atoms with van der Waals surface area (Å²) in [5.41, 5.74) is 3.94. The van der Waals surface area contributed by atoms with E-state index in [4.69, 9.17) is 0 Å². The van der Waals surface area contributed by atoms with E-state index in [9.17, 15) is 8.42 Å². The van der Waals surface area contributed by atoms with Crippen molar-refractivity contribution in [2.45, 2.75) is 26.1 Å². The normalized spacial score (nSPS) is 11.7. The van der Waals surface area contributed by atoms with Gasteiger partial charge in [-0.1, -0.05) is 23.8 Å². The molecule has 0 fully saturated rings. The zero-order chi connectivity index (χ0) is 13.9. The Balaban J connectivity index is 2.06. The van der Waals surface area contributed by atoms with Crippen LogP contribution in [-0.4, -0.2) is 8.42 Å². The van der Waals surface area contributed by atoms with Crippen LogP contribution in [0.2, 0.25) is 0 Å². The van der Waals surface area contributed by atoms with Gasteiger partial charge in [0.2, 0.25) is 10.0 Å². The summed E-state index contributed by atoms with van der Waals surface area (Å²) in [6.45, 7) is 4.26. The Morgan fingerprint density at radius 1 is 1.21 bits per heavy atom. The third kappa shape index (κ3) is 4.16. The Morgan fingerprint density at radius 2 is 2.00 bits per heavy atom. The molecule has 0 radical (unpaired) electrons. The summed E-state index contributed by atoms with van der Waals surface area (Å²) in [4.78, 5) is 0. The van der Waals surface area contributed by atoms with Crippen molar-refractivity contribution in [2.24, 2.45) is 0 Å². The second-order valence-electron chi connectivity index (χ2n) is 4.64. The standard InChI is InChI=1S/C14H17NO2S2/c1-11-3-4-12(2)14(7-11)10-19(16,17)15-8-13-5-6-18-9-13/h3-7,9,15H,8,10H2,1-2H3. The molecule has 0 aliphatic carbocycles. The Morgan fingerprint density at radius 3 is 2.68 bits per heavy atom. The van der Waals surface area contributed by atoms with Crippen LogP contribution >= 0.6 is 11.3 Å². The highest BCUT2D eigenvalue weighted by Crippen LogP contribution is 2.14. The van der Waals surface area contributed by atoms with Crippen LogP contribution in [0.25, 0.3) is 0 Å². The van der Waals surface area contributed by atoms with Crippen molar-refractivity contribution in [3.63, 3.8) is 0 Å². The van der Waals surface area contributed by atoms with Crippen LogP contribution in [0.1, 0.15) is 22.3 Å². The molecule has 5 heteroatoms. The van der Waals surface area contributed by atoms with Gasteiger partial charge in [-0.2, -0.15) is 11.3 Å². The first-order chi connectivity index (χ1) is 8.96. The summed E-state index contributed by atoms with van der Waals surface area (Å²) in [5, 5.41) is 3.88. The van der Waals surface area contributed by atoms with E-state index in [-0.39, 0.29) is 5.75 Å². The predicted molar refractivity (Wildman–Crippen MR) is 79.7 cm³/mol. The van der Waals surface area contributed by atoms with Crippen LogP contribution in [0.4, 0.5) is 0 Å². The Kier molecular flexibility index (Phi) is 4.39. The van der Waals surface area contributed by atoms with Gasteiger partial charge in [0.15, 0.2) is 0 Å². The van der Waals surface area contributed by atoms with Crippen molar-refractivity contribution in [1.29, 1.82) is 0 Å². The lowest BCUT2D eigenvalue weighted by Gasteiger charge is -2.09. The van der Waals surface area contributed by atoms with Crippen molar-refractivity contribution in [1.82, 2.24) is 4.72 Å². The van der Waals surface area contributed by atoms with Gasteiger partial charge >= 0.3 is 0 Å². The molecule has 1 aromatic heterocycles. The molecule has 0 atom stereocenters. The summed E-state index contributed by atoms with van der Waals surface area (Å²) in [7, 11) is -3.30. The Labute approximate surface area is 118 Å². The monoisotopic (exact) mass is 295 g/mol. The fourth-order valence-electron chi connectivity index (χ4n) is 1.80. The van der Waals surface area contributed by atoms with Gasteiger partial charge in [-0.05, 0) is 47.4 Å². The number of aryl methyl sites for hydroxylation is 2. The van der Waals surface area contributed by atoms with E-state index in [1.165, 1.54) is 0 Å². The van der Waals surface area contributed by atoms with Gasteiger partial charge in [0, 0.05) is 6.54 Å². The summed E-state index contributed by atoms with van der Waals surface area (Å²) in [6, 6.07) is 7.80. The van der Waals surface area contributed by atoms with Crippen molar-refractivity contribution in [3.8, 4) is 0 Å². The molecule has 0 bridgehead atoms. The molecule has 0 spiro atoms. The molecule has 19 heavy (non-hydrogen) atoms. The number of hydrogen-bond acceptors (Lipinski definition) is 3. The molecule has 0 aliphatic rings. The van der Waals surface area contributed by atoms with Crippen LogP contribution in [0.3, 0.4) is 0 Å². The Hall–Kier alpha value is -1.17. The Bertz CT molecular complexity index is 646. The summed E-state index contributed by atoms with van der Waals surface area (Å²) < 4.78 is 26.7. The average Bonchev–Trinajstić information content (AvgIpc) is 2.84. The lowest BCUT2D eigenvalue weighted by Crippen LogP contribution is -2.24. The molecule has 1 N–H and O–H groups in total. The van der Waals surface area contributed by atoms with E-state index < -0.39 is 10.0 Å². The molecule has 0 saturated carbocycles. The highest BCUT2D eigenvalue weighted by Gasteiger charge is 2.13. The maximum atomic E-state index is 12.1. The van der Waals surface area contributed by atoms with Crippen molar-refractivity contribution in [2.75, 3.05) is 0 Å². The molecule has 0 aliphatic heterocycles. The lowest BCUT2D eigenvalue weighted by molar-refractivity contribution is 0.580. The van der Waals surface area contributed by atoms with Gasteiger partial charge in [-0.3, -0.25) is 0 Å². The smallest absolute Gasteiger partial charge is 0.212 e. The molecule has 1 heterocycles. The molecule has 2 aromatic rings. The fourth-order valence-corrected chi connectivity index (χ4v) is 3.68. The van der Waals surface area contributed by atoms with Crippen LogP contribution in [0.15, 0.2) is 35.0 Å². The average molecular weight is 295 g/mol. The minimum atomic E-state index is -3.30. The van der Waals surface area contributed by atoms with Gasteiger partial charge in [-0.25, -0.2) is 13.1 Å². The summed E-state index contributed by atoms with van der Waals surface area (Å²) >= 11 is 1.56. The highest BCUT2D eigenvalue weighted by molar-refractivity contribution is 7.88. The zero-order valence-corrected chi connectivity index (χ0v) is 12.6. The first-order valence-corrected chi connectivity index (χ1v) is 8.60. The first kappa shape index (κ1) is 14.2. The van der Waals surface area contributed by atoms with Crippen LogP contribution < -0.4 is 4.72 Å². The SMILES string of the molecule is Cc1ccc(C)c(CS(=O)(=O)NCc2ccsc2)c1. The van der Waals surface area contributed by atoms with Gasteiger partial charge < -0.3 is 0 Å². The molecule has 0 amide bonds. The number of sulfonamides is 1. The molecule has 0 saturated heterocycles. The van der Waals surface area contributed by atoms with E-state index >= 15 is 0 Å². The van der Waals surface area contributed by atoms with Gasteiger partial charge in [0.05, 0.1) is 5.75 Å². The van der Waals surface area contributed by atoms with Gasteiger partial charge in [0.1, 0.15) is 0 Å². The van der Waals surface area contributed by atoms with Crippen LogP contribution in [-0.2, 0) is 22.3 Å². The molecule has 2 rings (SSSR count). The van der Waals surface area contributed by atoms with E-state index in [2.05, 4.69) is 4.72 Å². The van der Waals surface area contributed by atoms with Crippen LogP contribution in [0, 0.1) is 13.8 Å². The second kappa shape index (κ2) is 5.86. The molecule has 102 valence electrons. The van der Waals surface area contributed by atoms with E-state index in [1.807, 2.05) is 48.9 Å². The molecular formula is C14H17NO2S2. The fraction of sp³-hybridized carbons (Fsp3) is 0.286. The second-order valence-corrected chi connectivity index (χ2v) is 7.23. The molecular weight excluding hydrogens is 278 g/mol. The maximum Gasteiger partial charge on any atom is 0.216 e. The quantitative estimate of drug-likeness (QED) is 0.921. The minimum Gasteiger partial charge on any atom is -0.212 e. The number of hydrogen-bond donors (Lipinski definition) is 1. The third-order valence-corrected chi connectivity index (χ3v) is 4.93. The van der Waals surface area contributed by atoms with Crippen molar-refractivity contribution >= 4 is 21.4 Å². The zero-order valence-electron chi connectivity index (χ0n) is 11.0. The number of rotatable bonds is 5. The topological polar surface area (TPSA) is 46.2 Å². The van der Waals surface area contributed by atoms with Crippen molar-refractivity contribution < 1.29 is 8.42 Å². The van der Waals surface area contributed by atoms with Gasteiger partial charge in [-0.15, -0.1) is 0 Å². The first-order valence-electron chi connectivity index (χ1n) is 6.01. The lowest BCUT2D eigenvalue weighted by atomic mass is 10.1. The molecule has 3 nitrogen and oxygen atoms in total. The van der Waals surface area contributed by atoms with E-state index in [0.717, 1.165) is 22.3 Å². The molecule has 1 aromatic carbocycles. The maximum absolute atomic E-state index is 12.1. The highest BCUT2D eigenvalue weighted by atomic mass is 32.2. The predicted octanol–water partition coefficient (Wildman–Crippen LogP) is 2.98. The largest absolute Gasteiger partial charge is 0.216 e. The van der Waals surface area contributed by atoms with E-state index in [1.54, 1.807) is 11.3 Å². The molecule has 0 unspecified atom stereocenters. The number of nitrogens with one attached hydrogen (secondary N) is 1. The van der Waals surface area contributed by atoms with Crippen LogP contribution in [0.5, 0.6) is 0 Å². The van der Waals surface area contributed by atoms with Gasteiger partial charge in [0.25, 0.3) is 0 Å². The minimum absolute atomic E-state index is 0.0324. The van der Waals surface area contributed by atoms with E-state index in [0.29, 0.717) is 6.54 Å².